The van der Waals surface area contributed by atoms with Crippen LogP contribution in [-0.2, 0) is 0 Å². The van der Waals surface area contributed by atoms with E-state index in [9.17, 15) is 15.0 Å². The van der Waals surface area contributed by atoms with E-state index in [0.29, 0.717) is 12.0 Å². The Morgan fingerprint density at radius 1 is 1.53 bits per heavy atom. The van der Waals surface area contributed by atoms with Crippen LogP contribution in [0.2, 0.25) is 0 Å². The van der Waals surface area contributed by atoms with Crippen molar-refractivity contribution in [1.29, 1.82) is 0 Å². The smallest absolute Gasteiger partial charge is 0.168 e. The molecule has 1 heterocycles. The molecule has 0 spiro atoms. The first-order valence-corrected chi connectivity index (χ1v) is 4.62. The van der Waals surface area contributed by atoms with Crippen molar-refractivity contribution in [1.82, 2.24) is 10.3 Å². The molecule has 0 bridgehead atoms. The highest BCUT2D eigenvalue weighted by molar-refractivity contribution is 5.71. The number of carbonyl (C=O) groups is 1. The molecule has 0 aliphatic heterocycles. The summed E-state index contributed by atoms with van der Waals surface area (Å²) in [7, 11) is 1.67. The molecule has 1 aromatic heterocycles. The van der Waals surface area contributed by atoms with Crippen molar-refractivity contribution in [2.24, 2.45) is 0 Å². The van der Waals surface area contributed by atoms with E-state index in [2.05, 4.69) is 10.3 Å². The number of carbonyl (C=O) groups excluding carboxylic acids is 1. The van der Waals surface area contributed by atoms with Crippen molar-refractivity contribution in [3.8, 4) is 0 Å². The van der Waals surface area contributed by atoms with Crippen LogP contribution >= 0.6 is 0 Å². The van der Waals surface area contributed by atoms with Gasteiger partial charge in [-0.2, -0.15) is 0 Å². The Bertz CT molecular complexity index is 330. The Balaban J connectivity index is 2.80. The zero-order valence-corrected chi connectivity index (χ0v) is 8.42. The monoisotopic (exact) mass is 210 g/mol. The Morgan fingerprint density at radius 3 is 2.87 bits per heavy atom. The number of hydrogen-bond acceptors (Lipinski definition) is 5. The lowest BCUT2D eigenvalue weighted by molar-refractivity contribution is 0.0176. The largest absolute Gasteiger partial charge is 0.389 e. The van der Waals surface area contributed by atoms with E-state index in [4.69, 9.17) is 0 Å². The Kier molecular flexibility index (Phi) is 4.36. The second kappa shape index (κ2) is 5.55. The number of likely N-dealkylation sites (N-methyl/N-ethyl adjacent to an activating group) is 1. The SMILES string of the molecule is CNCC(O)C(O)c1cccc(C=O)n1. The van der Waals surface area contributed by atoms with E-state index in [1.807, 2.05) is 0 Å². The Morgan fingerprint density at radius 2 is 2.27 bits per heavy atom. The van der Waals surface area contributed by atoms with Gasteiger partial charge in [-0.1, -0.05) is 6.07 Å². The third kappa shape index (κ3) is 3.09. The quantitative estimate of drug-likeness (QED) is 0.571. The van der Waals surface area contributed by atoms with Crippen molar-refractivity contribution < 1.29 is 15.0 Å². The minimum Gasteiger partial charge on any atom is -0.389 e. The summed E-state index contributed by atoms with van der Waals surface area (Å²) in [5.74, 6) is 0. The lowest BCUT2D eigenvalue weighted by Gasteiger charge is -2.16. The molecular weight excluding hydrogens is 196 g/mol. The molecule has 1 aromatic rings. The number of aldehydes is 1. The molecule has 2 unspecified atom stereocenters. The number of pyridine rings is 1. The van der Waals surface area contributed by atoms with Crippen LogP contribution in [0.4, 0.5) is 0 Å². The lowest BCUT2D eigenvalue weighted by Crippen LogP contribution is -2.30. The predicted octanol–water partition coefficient (Wildman–Crippen LogP) is -0.492. The van der Waals surface area contributed by atoms with E-state index in [1.165, 1.54) is 6.07 Å². The van der Waals surface area contributed by atoms with Gasteiger partial charge >= 0.3 is 0 Å². The number of aliphatic hydroxyl groups is 2. The van der Waals surface area contributed by atoms with Gasteiger partial charge in [0.05, 0.1) is 11.8 Å². The third-order valence-electron chi connectivity index (χ3n) is 1.99. The molecule has 3 N–H and O–H groups in total. The highest BCUT2D eigenvalue weighted by atomic mass is 16.3. The lowest BCUT2D eigenvalue weighted by atomic mass is 10.1. The first-order valence-electron chi connectivity index (χ1n) is 4.62. The van der Waals surface area contributed by atoms with Gasteiger partial charge in [0.2, 0.25) is 0 Å². The Labute approximate surface area is 87.8 Å². The average Bonchev–Trinajstić information content (AvgIpc) is 2.28. The number of rotatable bonds is 5. The van der Waals surface area contributed by atoms with Gasteiger partial charge < -0.3 is 15.5 Å². The molecule has 5 nitrogen and oxygen atoms in total. The molecule has 82 valence electrons. The van der Waals surface area contributed by atoms with Crippen LogP contribution < -0.4 is 5.32 Å². The van der Waals surface area contributed by atoms with E-state index >= 15 is 0 Å². The van der Waals surface area contributed by atoms with Crippen LogP contribution in [0.25, 0.3) is 0 Å². The molecule has 0 aliphatic carbocycles. The van der Waals surface area contributed by atoms with Gasteiger partial charge in [0.25, 0.3) is 0 Å². The summed E-state index contributed by atoms with van der Waals surface area (Å²) in [6, 6.07) is 4.71. The zero-order valence-electron chi connectivity index (χ0n) is 8.42. The number of nitrogens with zero attached hydrogens (tertiary/aromatic N) is 1. The summed E-state index contributed by atoms with van der Waals surface area (Å²) in [5.41, 5.74) is 0.533. The maximum Gasteiger partial charge on any atom is 0.168 e. The Hall–Kier alpha value is -1.30. The molecule has 5 heteroatoms. The predicted molar refractivity (Wildman–Crippen MR) is 54.5 cm³/mol. The molecule has 2 atom stereocenters. The fraction of sp³-hybridized carbons (Fsp3) is 0.400. The van der Waals surface area contributed by atoms with E-state index in [-0.39, 0.29) is 12.2 Å². The molecule has 0 fully saturated rings. The van der Waals surface area contributed by atoms with Crippen LogP contribution in [0.1, 0.15) is 22.3 Å². The molecule has 1 rings (SSSR count). The molecule has 0 aromatic carbocycles. The number of aliphatic hydroxyl groups excluding tert-OH is 2. The summed E-state index contributed by atoms with van der Waals surface area (Å²) in [6.07, 6.45) is -1.43. The molecule has 15 heavy (non-hydrogen) atoms. The van der Waals surface area contributed by atoms with E-state index < -0.39 is 12.2 Å². The van der Waals surface area contributed by atoms with Crippen molar-refractivity contribution in [2.75, 3.05) is 13.6 Å². The fourth-order valence-electron chi connectivity index (χ4n) is 1.22. The van der Waals surface area contributed by atoms with Crippen LogP contribution in [-0.4, -0.2) is 41.2 Å². The summed E-state index contributed by atoms with van der Waals surface area (Å²) >= 11 is 0. The van der Waals surface area contributed by atoms with Crippen LogP contribution in [0, 0.1) is 0 Å². The maximum absolute atomic E-state index is 10.5. The van der Waals surface area contributed by atoms with Crippen molar-refractivity contribution >= 4 is 6.29 Å². The first kappa shape index (κ1) is 11.8. The summed E-state index contributed by atoms with van der Waals surface area (Å²) in [4.78, 5) is 14.3. The van der Waals surface area contributed by atoms with Crippen molar-refractivity contribution in [3.05, 3.63) is 29.6 Å². The minimum absolute atomic E-state index is 0.239. The fourth-order valence-corrected chi connectivity index (χ4v) is 1.22. The number of hydrogen-bond donors (Lipinski definition) is 3. The standard InChI is InChI=1S/C10H14N2O3/c1-11-5-9(14)10(15)8-4-2-3-7(6-13)12-8/h2-4,6,9-11,14-15H,5H2,1H3. The molecular formula is C10H14N2O3. The first-order chi connectivity index (χ1) is 7.19. The van der Waals surface area contributed by atoms with Crippen LogP contribution in [0.5, 0.6) is 0 Å². The minimum atomic E-state index is -1.09. The van der Waals surface area contributed by atoms with Crippen LogP contribution in [0.3, 0.4) is 0 Å². The molecule has 0 amide bonds. The number of aromatic nitrogens is 1. The van der Waals surface area contributed by atoms with Gasteiger partial charge in [0.1, 0.15) is 11.8 Å². The average molecular weight is 210 g/mol. The van der Waals surface area contributed by atoms with Crippen molar-refractivity contribution in [2.45, 2.75) is 12.2 Å². The van der Waals surface area contributed by atoms with Crippen LogP contribution in [0.15, 0.2) is 18.2 Å². The van der Waals surface area contributed by atoms with Gasteiger partial charge in [-0.3, -0.25) is 4.79 Å². The van der Waals surface area contributed by atoms with Gasteiger partial charge in [-0.25, -0.2) is 4.98 Å². The summed E-state index contributed by atoms with van der Waals surface area (Å²) < 4.78 is 0. The highest BCUT2D eigenvalue weighted by Gasteiger charge is 2.18. The van der Waals surface area contributed by atoms with E-state index in [1.54, 1.807) is 19.2 Å². The summed E-state index contributed by atoms with van der Waals surface area (Å²) in [6.45, 7) is 0.258. The molecule has 0 aliphatic rings. The third-order valence-corrected chi connectivity index (χ3v) is 1.99. The molecule has 0 radical (unpaired) electrons. The zero-order chi connectivity index (χ0) is 11.3. The summed E-state index contributed by atoms with van der Waals surface area (Å²) in [5, 5.41) is 21.9. The molecule has 0 saturated carbocycles. The van der Waals surface area contributed by atoms with Crippen molar-refractivity contribution in [3.63, 3.8) is 0 Å². The molecule has 0 saturated heterocycles. The topological polar surface area (TPSA) is 82.5 Å². The normalized spacial score (nSPS) is 14.6. The second-order valence-corrected chi connectivity index (χ2v) is 3.18. The second-order valence-electron chi connectivity index (χ2n) is 3.18. The van der Waals surface area contributed by atoms with Gasteiger partial charge in [0.15, 0.2) is 6.29 Å². The van der Waals surface area contributed by atoms with Gasteiger partial charge in [-0.05, 0) is 19.2 Å². The van der Waals surface area contributed by atoms with Gasteiger partial charge in [0, 0.05) is 6.54 Å². The maximum atomic E-state index is 10.5. The number of nitrogens with one attached hydrogen (secondary N) is 1. The highest BCUT2D eigenvalue weighted by Crippen LogP contribution is 2.14. The van der Waals surface area contributed by atoms with Gasteiger partial charge in [-0.15, -0.1) is 0 Å². The van der Waals surface area contributed by atoms with E-state index in [0.717, 1.165) is 0 Å².